The number of nitrogens with one attached hydrogen (secondary N) is 1. The zero-order valence-corrected chi connectivity index (χ0v) is 16.0. The molecule has 0 heterocycles. The number of benzene rings is 2. The van der Waals surface area contributed by atoms with E-state index in [1.807, 2.05) is 6.92 Å². The number of anilines is 1. The van der Waals surface area contributed by atoms with Gasteiger partial charge in [-0.25, -0.2) is 12.7 Å². The number of sulfonamides is 1. The topological polar surface area (TPSA) is 75.7 Å². The van der Waals surface area contributed by atoms with Crippen LogP contribution < -0.4 is 10.1 Å². The van der Waals surface area contributed by atoms with Crippen molar-refractivity contribution in [2.24, 2.45) is 0 Å². The van der Waals surface area contributed by atoms with Gasteiger partial charge in [0.1, 0.15) is 5.75 Å². The van der Waals surface area contributed by atoms with E-state index < -0.39 is 10.0 Å². The van der Waals surface area contributed by atoms with E-state index in [1.165, 1.54) is 16.4 Å². The van der Waals surface area contributed by atoms with Crippen molar-refractivity contribution < 1.29 is 17.9 Å². The van der Waals surface area contributed by atoms with Crippen LogP contribution in [0.3, 0.4) is 0 Å². The summed E-state index contributed by atoms with van der Waals surface area (Å²) < 4.78 is 31.6. The van der Waals surface area contributed by atoms with Gasteiger partial charge in [0.2, 0.25) is 10.0 Å². The van der Waals surface area contributed by atoms with Crippen molar-refractivity contribution in [3.05, 3.63) is 54.1 Å². The Morgan fingerprint density at radius 2 is 1.85 bits per heavy atom. The lowest BCUT2D eigenvalue weighted by molar-refractivity contribution is 0.102. The predicted molar refractivity (Wildman–Crippen MR) is 102 cm³/mol. The minimum Gasteiger partial charge on any atom is -0.497 e. The maximum Gasteiger partial charge on any atom is 0.255 e. The number of nitrogens with zero attached hydrogens (tertiary/aromatic N) is 1. The second-order valence-corrected chi connectivity index (χ2v) is 7.94. The highest BCUT2D eigenvalue weighted by Gasteiger charge is 2.21. The molecule has 6 nitrogen and oxygen atoms in total. The Morgan fingerprint density at radius 1 is 1.15 bits per heavy atom. The lowest BCUT2D eigenvalue weighted by Gasteiger charge is -2.17. The molecule has 0 aliphatic carbocycles. The van der Waals surface area contributed by atoms with Gasteiger partial charge in [-0.05, 0) is 48.9 Å². The van der Waals surface area contributed by atoms with E-state index in [0.29, 0.717) is 18.0 Å². The Labute approximate surface area is 154 Å². The van der Waals surface area contributed by atoms with Crippen LogP contribution in [0.25, 0.3) is 0 Å². The quantitative estimate of drug-likeness (QED) is 0.766. The van der Waals surface area contributed by atoms with Crippen molar-refractivity contribution in [3.63, 3.8) is 0 Å². The average Bonchev–Trinajstić information content (AvgIpc) is 2.66. The molecule has 0 spiro atoms. The summed E-state index contributed by atoms with van der Waals surface area (Å²) in [5.74, 6) is 0.314. The third-order valence-corrected chi connectivity index (χ3v) is 5.83. The molecule has 2 rings (SSSR count). The van der Waals surface area contributed by atoms with Crippen LogP contribution in [0.5, 0.6) is 5.75 Å². The molecule has 2 aromatic carbocycles. The molecule has 0 radical (unpaired) electrons. The third-order valence-electron chi connectivity index (χ3n) is 3.98. The first-order valence-corrected chi connectivity index (χ1v) is 9.84. The molecule has 0 atom stereocenters. The molecule has 0 bridgehead atoms. The van der Waals surface area contributed by atoms with E-state index >= 15 is 0 Å². The number of amides is 1. The zero-order valence-electron chi connectivity index (χ0n) is 15.2. The second-order valence-electron chi connectivity index (χ2n) is 5.89. The fourth-order valence-electron chi connectivity index (χ4n) is 2.36. The normalized spacial score (nSPS) is 11.4. The number of methoxy groups -OCH3 is 1. The summed E-state index contributed by atoms with van der Waals surface area (Å²) in [5, 5.41) is 2.75. The van der Waals surface area contributed by atoms with E-state index in [-0.39, 0.29) is 16.4 Å². The first-order chi connectivity index (χ1) is 12.4. The standard InChI is InChI=1S/C19H24N2O4S/c1-4-5-13-21(2)26(23,24)18-8-6-7-15(14-18)19(22)20-16-9-11-17(25-3)12-10-16/h6-12,14H,4-5,13H2,1-3H3,(H,20,22). The highest BCUT2D eigenvalue weighted by atomic mass is 32.2. The number of hydrogen-bond acceptors (Lipinski definition) is 4. The Kier molecular flexibility index (Phi) is 6.76. The Morgan fingerprint density at radius 3 is 2.46 bits per heavy atom. The van der Waals surface area contributed by atoms with Crippen LogP contribution in [0.2, 0.25) is 0 Å². The van der Waals surface area contributed by atoms with Gasteiger partial charge in [0.25, 0.3) is 5.91 Å². The lowest BCUT2D eigenvalue weighted by atomic mass is 10.2. The number of ether oxygens (including phenoxy) is 1. The van der Waals surface area contributed by atoms with Gasteiger partial charge >= 0.3 is 0 Å². The number of unbranched alkanes of at least 4 members (excludes halogenated alkanes) is 1. The number of rotatable bonds is 8. The molecule has 0 unspecified atom stereocenters. The van der Waals surface area contributed by atoms with Crippen molar-refractivity contribution in [1.82, 2.24) is 4.31 Å². The van der Waals surface area contributed by atoms with Crippen molar-refractivity contribution in [3.8, 4) is 5.75 Å². The summed E-state index contributed by atoms with van der Waals surface area (Å²) in [7, 11) is -0.495. The highest BCUT2D eigenvalue weighted by Crippen LogP contribution is 2.19. The minimum absolute atomic E-state index is 0.110. The van der Waals surface area contributed by atoms with Gasteiger partial charge < -0.3 is 10.1 Å². The Hall–Kier alpha value is -2.38. The van der Waals surface area contributed by atoms with Gasteiger partial charge in [-0.2, -0.15) is 0 Å². The van der Waals surface area contributed by atoms with Crippen LogP contribution in [0.4, 0.5) is 5.69 Å². The van der Waals surface area contributed by atoms with Crippen LogP contribution >= 0.6 is 0 Å². The fourth-order valence-corrected chi connectivity index (χ4v) is 3.61. The molecule has 140 valence electrons. The summed E-state index contributed by atoms with van der Waals surface area (Å²) in [4.78, 5) is 12.5. The third kappa shape index (κ3) is 4.83. The highest BCUT2D eigenvalue weighted by molar-refractivity contribution is 7.89. The molecule has 1 N–H and O–H groups in total. The molecule has 26 heavy (non-hydrogen) atoms. The summed E-state index contributed by atoms with van der Waals surface area (Å²) in [6, 6.07) is 13.0. The van der Waals surface area contributed by atoms with Crippen LogP contribution in [-0.4, -0.2) is 39.3 Å². The zero-order chi connectivity index (χ0) is 19.2. The molecule has 0 aliphatic heterocycles. The van der Waals surface area contributed by atoms with E-state index in [2.05, 4.69) is 5.32 Å². The van der Waals surface area contributed by atoms with Gasteiger partial charge in [-0.1, -0.05) is 19.4 Å². The number of carbonyl (C=O) groups excluding carboxylic acids is 1. The summed E-state index contributed by atoms with van der Waals surface area (Å²) in [6.45, 7) is 2.45. The SMILES string of the molecule is CCCCN(C)S(=O)(=O)c1cccc(C(=O)Nc2ccc(OC)cc2)c1. The fraction of sp³-hybridized carbons (Fsp3) is 0.316. The molecule has 0 saturated carbocycles. The maximum absolute atomic E-state index is 12.6. The molecular formula is C19H24N2O4S. The van der Waals surface area contributed by atoms with Gasteiger partial charge in [0.15, 0.2) is 0 Å². The molecule has 2 aromatic rings. The van der Waals surface area contributed by atoms with E-state index in [0.717, 1.165) is 12.8 Å². The molecule has 1 amide bonds. The smallest absolute Gasteiger partial charge is 0.255 e. The predicted octanol–water partition coefficient (Wildman–Crippen LogP) is 3.37. The van der Waals surface area contributed by atoms with Crippen molar-refractivity contribution in [2.75, 3.05) is 26.0 Å². The molecule has 7 heteroatoms. The van der Waals surface area contributed by atoms with Gasteiger partial charge in [0.05, 0.1) is 12.0 Å². The largest absolute Gasteiger partial charge is 0.497 e. The van der Waals surface area contributed by atoms with E-state index in [9.17, 15) is 13.2 Å². The van der Waals surface area contributed by atoms with Crippen molar-refractivity contribution in [2.45, 2.75) is 24.7 Å². The van der Waals surface area contributed by atoms with E-state index in [1.54, 1.807) is 50.6 Å². The number of carbonyl (C=O) groups is 1. The van der Waals surface area contributed by atoms with Crippen molar-refractivity contribution >= 4 is 21.6 Å². The second kappa shape index (κ2) is 8.82. The average molecular weight is 376 g/mol. The summed E-state index contributed by atoms with van der Waals surface area (Å²) >= 11 is 0. The van der Waals surface area contributed by atoms with Gasteiger partial charge in [0, 0.05) is 24.8 Å². The summed E-state index contributed by atoms with van der Waals surface area (Å²) in [5.41, 5.74) is 0.884. The Bertz CT molecular complexity index is 848. The van der Waals surface area contributed by atoms with Crippen LogP contribution in [0.15, 0.2) is 53.4 Å². The maximum atomic E-state index is 12.6. The van der Waals surface area contributed by atoms with Crippen LogP contribution in [-0.2, 0) is 10.0 Å². The van der Waals surface area contributed by atoms with Crippen LogP contribution in [0, 0.1) is 0 Å². The monoisotopic (exact) mass is 376 g/mol. The minimum atomic E-state index is -3.61. The molecule has 0 saturated heterocycles. The lowest BCUT2D eigenvalue weighted by Crippen LogP contribution is -2.28. The van der Waals surface area contributed by atoms with E-state index in [4.69, 9.17) is 4.74 Å². The molecular weight excluding hydrogens is 352 g/mol. The first kappa shape index (κ1) is 19.9. The molecule has 0 aromatic heterocycles. The van der Waals surface area contributed by atoms with Crippen molar-refractivity contribution in [1.29, 1.82) is 0 Å². The van der Waals surface area contributed by atoms with Gasteiger partial charge in [-0.15, -0.1) is 0 Å². The summed E-state index contributed by atoms with van der Waals surface area (Å²) in [6.07, 6.45) is 1.69. The number of hydrogen-bond donors (Lipinski definition) is 1. The Balaban J connectivity index is 2.18. The van der Waals surface area contributed by atoms with Gasteiger partial charge in [-0.3, -0.25) is 4.79 Å². The molecule has 0 fully saturated rings. The first-order valence-electron chi connectivity index (χ1n) is 8.40. The van der Waals surface area contributed by atoms with Crippen LogP contribution in [0.1, 0.15) is 30.1 Å². The molecule has 0 aliphatic rings.